The summed E-state index contributed by atoms with van der Waals surface area (Å²) in [7, 11) is -7.79. The molecule has 0 aliphatic heterocycles. The molecule has 0 aromatic heterocycles. The minimum Gasteiger partial charge on any atom is -0.379 e. The van der Waals surface area contributed by atoms with Crippen LogP contribution in [0.5, 0.6) is 0 Å². The summed E-state index contributed by atoms with van der Waals surface area (Å²) in [6.07, 6.45) is -0.0961. The molecule has 180 valence electrons. The zero-order valence-electron chi connectivity index (χ0n) is 18.0. The Labute approximate surface area is 192 Å². The van der Waals surface area contributed by atoms with Gasteiger partial charge in [-0.1, -0.05) is 19.9 Å². The summed E-state index contributed by atoms with van der Waals surface area (Å²) in [6.45, 7) is 4.08. The number of carbonyl (C=O) groups excluding carboxylic acids is 1. The van der Waals surface area contributed by atoms with Crippen LogP contribution >= 0.6 is 0 Å². The van der Waals surface area contributed by atoms with Gasteiger partial charge in [-0.3, -0.25) is 14.9 Å². The minimum atomic E-state index is -4.11. The number of carbonyl (C=O) groups is 1. The molecule has 0 spiro atoms. The summed E-state index contributed by atoms with van der Waals surface area (Å²) in [5, 5.41) is 21.5. The summed E-state index contributed by atoms with van der Waals surface area (Å²) in [6, 6.07) is 9.00. The Morgan fingerprint density at radius 1 is 1.06 bits per heavy atom. The summed E-state index contributed by atoms with van der Waals surface area (Å²) < 4.78 is 49.4. The highest BCUT2D eigenvalue weighted by molar-refractivity contribution is 7.89. The minimum absolute atomic E-state index is 0.00116. The standard InChI is InChI=1S/C19H25N5O7S2/c1-3-23(4-2)33(30,31)16-7-5-6-14(12-16)22-19(25)10-11-21-17-9-8-15(32(20,28)29)13-18(17)24(26)27/h5-9,12-13,21H,3-4,10-11H2,1-2H3,(H,22,25)(H2,20,28,29). The maximum atomic E-state index is 12.6. The van der Waals surface area contributed by atoms with E-state index >= 15 is 0 Å². The van der Waals surface area contributed by atoms with E-state index in [2.05, 4.69) is 10.6 Å². The zero-order chi connectivity index (χ0) is 24.8. The maximum absolute atomic E-state index is 12.6. The summed E-state index contributed by atoms with van der Waals surface area (Å²) in [5.74, 6) is -0.455. The second kappa shape index (κ2) is 10.7. The number of nitrogens with one attached hydrogen (secondary N) is 2. The van der Waals surface area contributed by atoms with Gasteiger partial charge >= 0.3 is 0 Å². The van der Waals surface area contributed by atoms with Crippen molar-refractivity contribution in [2.45, 2.75) is 30.1 Å². The highest BCUT2D eigenvalue weighted by Crippen LogP contribution is 2.27. The van der Waals surface area contributed by atoms with E-state index in [0.717, 1.165) is 12.1 Å². The molecule has 2 rings (SSSR count). The van der Waals surface area contributed by atoms with Gasteiger partial charge < -0.3 is 10.6 Å². The normalized spacial score (nSPS) is 11.9. The van der Waals surface area contributed by atoms with Gasteiger partial charge in [0.1, 0.15) is 5.69 Å². The molecule has 0 fully saturated rings. The molecule has 0 unspecified atom stereocenters. The fourth-order valence-corrected chi connectivity index (χ4v) is 5.01. The SMILES string of the molecule is CCN(CC)S(=O)(=O)c1cccc(NC(=O)CCNc2ccc(S(N)(=O)=O)cc2[N+](=O)[O-])c1. The summed E-state index contributed by atoms with van der Waals surface area (Å²) in [5.41, 5.74) is -0.194. The Bertz CT molecular complexity index is 1240. The van der Waals surface area contributed by atoms with Gasteiger partial charge in [-0.05, 0) is 30.3 Å². The van der Waals surface area contributed by atoms with Gasteiger partial charge in [-0.15, -0.1) is 0 Å². The first kappa shape index (κ1) is 26.2. The first-order chi connectivity index (χ1) is 15.4. The number of nitro benzene ring substituents is 1. The molecule has 0 atom stereocenters. The number of nitrogens with two attached hydrogens (primary N) is 1. The molecule has 0 radical (unpaired) electrons. The van der Waals surface area contributed by atoms with Crippen molar-refractivity contribution < 1.29 is 26.6 Å². The van der Waals surface area contributed by atoms with Crippen molar-refractivity contribution in [2.24, 2.45) is 5.14 Å². The van der Waals surface area contributed by atoms with Crippen molar-refractivity contribution in [2.75, 3.05) is 30.3 Å². The third-order valence-electron chi connectivity index (χ3n) is 4.62. The number of sulfonamides is 2. The van der Waals surface area contributed by atoms with E-state index in [9.17, 15) is 31.7 Å². The third-order valence-corrected chi connectivity index (χ3v) is 7.58. The number of nitrogens with zero attached hydrogens (tertiary/aromatic N) is 2. The van der Waals surface area contributed by atoms with E-state index in [1.165, 1.54) is 28.6 Å². The number of hydrogen-bond acceptors (Lipinski definition) is 8. The Morgan fingerprint density at radius 2 is 1.73 bits per heavy atom. The molecule has 2 aromatic carbocycles. The molecular weight excluding hydrogens is 474 g/mol. The number of hydrogen-bond donors (Lipinski definition) is 3. The second-order valence-electron chi connectivity index (χ2n) is 6.82. The number of rotatable bonds is 11. The molecule has 1 amide bonds. The fraction of sp³-hybridized carbons (Fsp3) is 0.316. The lowest BCUT2D eigenvalue weighted by Crippen LogP contribution is -2.30. The van der Waals surface area contributed by atoms with E-state index in [1.807, 2.05) is 0 Å². The lowest BCUT2D eigenvalue weighted by Gasteiger charge is -2.18. The van der Waals surface area contributed by atoms with Crippen LogP contribution in [0.15, 0.2) is 52.3 Å². The Hall–Kier alpha value is -3.07. The average molecular weight is 500 g/mol. The van der Waals surface area contributed by atoms with Crippen molar-refractivity contribution in [3.63, 3.8) is 0 Å². The lowest BCUT2D eigenvalue weighted by atomic mass is 10.2. The number of nitro groups is 1. The first-order valence-electron chi connectivity index (χ1n) is 9.85. The van der Waals surface area contributed by atoms with Crippen LogP contribution in [0.2, 0.25) is 0 Å². The number of benzene rings is 2. The molecular formula is C19H25N5O7S2. The van der Waals surface area contributed by atoms with E-state index in [0.29, 0.717) is 13.1 Å². The van der Waals surface area contributed by atoms with Crippen LogP contribution in [0.4, 0.5) is 17.1 Å². The molecule has 0 bridgehead atoms. The summed E-state index contributed by atoms with van der Waals surface area (Å²) >= 11 is 0. The Balaban J connectivity index is 2.06. The largest absolute Gasteiger partial charge is 0.379 e. The zero-order valence-corrected chi connectivity index (χ0v) is 19.6. The van der Waals surface area contributed by atoms with E-state index in [4.69, 9.17) is 5.14 Å². The topological polar surface area (TPSA) is 182 Å². The van der Waals surface area contributed by atoms with E-state index in [-0.39, 0.29) is 29.2 Å². The van der Waals surface area contributed by atoms with Crippen LogP contribution in [-0.2, 0) is 24.8 Å². The molecule has 14 heteroatoms. The number of primary sulfonamides is 1. The number of anilines is 2. The van der Waals surface area contributed by atoms with Crippen LogP contribution < -0.4 is 15.8 Å². The smallest absolute Gasteiger partial charge is 0.293 e. The Kier molecular flexibility index (Phi) is 8.49. The maximum Gasteiger partial charge on any atom is 0.293 e. The quantitative estimate of drug-likeness (QED) is 0.308. The molecule has 0 aliphatic rings. The predicted octanol–water partition coefficient (Wildman–Crippen LogP) is 1.71. The van der Waals surface area contributed by atoms with Crippen LogP contribution in [0, 0.1) is 10.1 Å². The van der Waals surface area contributed by atoms with E-state index in [1.54, 1.807) is 19.9 Å². The van der Waals surface area contributed by atoms with Gasteiger partial charge in [0.25, 0.3) is 5.69 Å². The first-order valence-corrected chi connectivity index (χ1v) is 12.8. The van der Waals surface area contributed by atoms with Crippen molar-refractivity contribution in [3.05, 3.63) is 52.6 Å². The van der Waals surface area contributed by atoms with Crippen molar-refractivity contribution in [1.82, 2.24) is 4.31 Å². The molecule has 0 saturated carbocycles. The van der Waals surface area contributed by atoms with Gasteiger partial charge in [0.15, 0.2) is 0 Å². The Morgan fingerprint density at radius 3 is 2.30 bits per heavy atom. The fourth-order valence-electron chi connectivity index (χ4n) is 2.97. The molecule has 0 saturated heterocycles. The van der Waals surface area contributed by atoms with Gasteiger partial charge in [0.2, 0.25) is 26.0 Å². The highest BCUT2D eigenvalue weighted by Gasteiger charge is 2.22. The molecule has 33 heavy (non-hydrogen) atoms. The van der Waals surface area contributed by atoms with Gasteiger partial charge in [-0.25, -0.2) is 22.0 Å². The van der Waals surface area contributed by atoms with Crippen LogP contribution in [0.25, 0.3) is 0 Å². The highest BCUT2D eigenvalue weighted by atomic mass is 32.2. The van der Waals surface area contributed by atoms with E-state index < -0.39 is 41.5 Å². The third kappa shape index (κ3) is 6.71. The van der Waals surface area contributed by atoms with Crippen molar-refractivity contribution >= 4 is 43.0 Å². The molecule has 12 nitrogen and oxygen atoms in total. The van der Waals surface area contributed by atoms with Crippen molar-refractivity contribution in [1.29, 1.82) is 0 Å². The molecule has 2 aromatic rings. The number of amides is 1. The summed E-state index contributed by atoms with van der Waals surface area (Å²) in [4.78, 5) is 22.4. The van der Waals surface area contributed by atoms with Gasteiger partial charge in [0.05, 0.1) is 14.7 Å². The van der Waals surface area contributed by atoms with Crippen LogP contribution in [0.3, 0.4) is 0 Å². The van der Waals surface area contributed by atoms with Gasteiger partial charge in [0, 0.05) is 37.8 Å². The molecule has 0 heterocycles. The van der Waals surface area contributed by atoms with Crippen molar-refractivity contribution in [3.8, 4) is 0 Å². The average Bonchev–Trinajstić information content (AvgIpc) is 2.74. The molecule has 4 N–H and O–H groups in total. The molecule has 0 aliphatic carbocycles. The second-order valence-corrected chi connectivity index (χ2v) is 10.3. The van der Waals surface area contributed by atoms with Crippen LogP contribution in [0.1, 0.15) is 20.3 Å². The van der Waals surface area contributed by atoms with Crippen LogP contribution in [-0.4, -0.2) is 51.6 Å². The lowest BCUT2D eigenvalue weighted by molar-refractivity contribution is -0.384. The predicted molar refractivity (Wildman–Crippen MR) is 123 cm³/mol. The monoisotopic (exact) mass is 499 g/mol. The van der Waals surface area contributed by atoms with Gasteiger partial charge in [-0.2, -0.15) is 4.31 Å².